The topological polar surface area (TPSA) is 66.4 Å². The Bertz CT molecular complexity index is 434. The van der Waals surface area contributed by atoms with Crippen molar-refractivity contribution in [1.29, 1.82) is 0 Å². The molecule has 0 heterocycles. The molecule has 1 atom stereocenters. The Morgan fingerprint density at radius 3 is 2.61 bits per heavy atom. The molecule has 1 aromatic rings. The lowest BCUT2D eigenvalue weighted by Gasteiger charge is -2.12. The van der Waals surface area contributed by atoms with E-state index < -0.39 is 12.0 Å². The van der Waals surface area contributed by atoms with E-state index in [1.165, 1.54) is 11.8 Å². The van der Waals surface area contributed by atoms with Crippen molar-refractivity contribution >= 4 is 23.6 Å². The van der Waals surface area contributed by atoms with Crippen LogP contribution in [0, 0.1) is 6.92 Å². The van der Waals surface area contributed by atoms with Crippen LogP contribution in [0.4, 0.5) is 0 Å². The number of nitrogens with one attached hydrogen (secondary N) is 1. The number of thioether (sulfide) groups is 1. The molecule has 1 amide bonds. The van der Waals surface area contributed by atoms with E-state index in [0.717, 1.165) is 10.5 Å². The molecule has 0 radical (unpaired) electrons. The Morgan fingerprint density at radius 2 is 2.06 bits per heavy atom. The number of carbonyl (C=O) groups is 2. The molecule has 0 saturated carbocycles. The summed E-state index contributed by atoms with van der Waals surface area (Å²) in [6.45, 7) is 3.71. The first kappa shape index (κ1) is 14.6. The SMILES string of the molecule is CC[C@@H](NC(=O)CSc1ccccc1C)C(=O)O. The van der Waals surface area contributed by atoms with E-state index >= 15 is 0 Å². The molecule has 0 aliphatic carbocycles. The van der Waals surface area contributed by atoms with Crippen molar-refractivity contribution in [3.8, 4) is 0 Å². The molecular weight excluding hydrogens is 250 g/mol. The highest BCUT2D eigenvalue weighted by Crippen LogP contribution is 2.21. The largest absolute Gasteiger partial charge is 0.480 e. The molecule has 0 fully saturated rings. The molecule has 98 valence electrons. The van der Waals surface area contributed by atoms with Crippen molar-refractivity contribution in [2.75, 3.05) is 5.75 Å². The maximum atomic E-state index is 11.6. The second-order valence-electron chi connectivity index (χ2n) is 3.92. The molecule has 0 unspecified atom stereocenters. The number of rotatable bonds is 6. The fourth-order valence-electron chi connectivity index (χ4n) is 1.44. The maximum absolute atomic E-state index is 11.6. The molecule has 0 aromatic heterocycles. The minimum atomic E-state index is -0.994. The molecule has 2 N–H and O–H groups in total. The number of benzene rings is 1. The van der Waals surface area contributed by atoms with Gasteiger partial charge in [-0.2, -0.15) is 0 Å². The van der Waals surface area contributed by atoms with E-state index in [0.29, 0.717) is 6.42 Å². The van der Waals surface area contributed by atoms with Gasteiger partial charge < -0.3 is 10.4 Å². The molecule has 0 spiro atoms. The van der Waals surface area contributed by atoms with Crippen LogP contribution in [0.3, 0.4) is 0 Å². The zero-order valence-corrected chi connectivity index (χ0v) is 11.3. The van der Waals surface area contributed by atoms with E-state index in [9.17, 15) is 9.59 Å². The molecule has 0 saturated heterocycles. The molecule has 0 aliphatic rings. The Labute approximate surface area is 111 Å². The van der Waals surface area contributed by atoms with E-state index in [-0.39, 0.29) is 11.7 Å². The lowest BCUT2D eigenvalue weighted by Crippen LogP contribution is -2.41. The Hall–Kier alpha value is -1.49. The quantitative estimate of drug-likeness (QED) is 0.774. The highest BCUT2D eigenvalue weighted by Gasteiger charge is 2.17. The van der Waals surface area contributed by atoms with Gasteiger partial charge in [-0.1, -0.05) is 25.1 Å². The van der Waals surface area contributed by atoms with Gasteiger partial charge in [0.2, 0.25) is 5.91 Å². The van der Waals surface area contributed by atoms with Crippen LogP contribution in [-0.4, -0.2) is 28.8 Å². The summed E-state index contributed by atoms with van der Waals surface area (Å²) < 4.78 is 0. The second-order valence-corrected chi connectivity index (χ2v) is 4.94. The third-order valence-electron chi connectivity index (χ3n) is 2.49. The van der Waals surface area contributed by atoms with E-state index in [1.807, 2.05) is 31.2 Å². The van der Waals surface area contributed by atoms with Crippen LogP contribution < -0.4 is 5.32 Å². The minimum Gasteiger partial charge on any atom is -0.480 e. The first-order chi connectivity index (χ1) is 8.54. The zero-order valence-electron chi connectivity index (χ0n) is 10.5. The number of carboxylic acids is 1. The molecule has 1 rings (SSSR count). The Morgan fingerprint density at radius 1 is 1.39 bits per heavy atom. The fourth-order valence-corrected chi connectivity index (χ4v) is 2.28. The number of hydrogen-bond acceptors (Lipinski definition) is 3. The smallest absolute Gasteiger partial charge is 0.326 e. The summed E-state index contributed by atoms with van der Waals surface area (Å²) in [5.74, 6) is -1.02. The van der Waals surface area contributed by atoms with Crippen molar-refractivity contribution in [3.63, 3.8) is 0 Å². The Balaban J connectivity index is 2.47. The van der Waals surface area contributed by atoms with Crippen molar-refractivity contribution < 1.29 is 14.7 Å². The van der Waals surface area contributed by atoms with Crippen LogP contribution in [0.5, 0.6) is 0 Å². The predicted octanol–water partition coefficient (Wildman–Crippen LogP) is 2.07. The molecule has 0 aliphatic heterocycles. The van der Waals surface area contributed by atoms with Gasteiger partial charge in [-0.25, -0.2) is 4.79 Å². The van der Waals surface area contributed by atoms with Crippen LogP contribution in [-0.2, 0) is 9.59 Å². The van der Waals surface area contributed by atoms with Gasteiger partial charge in [0.05, 0.1) is 5.75 Å². The van der Waals surface area contributed by atoms with E-state index in [2.05, 4.69) is 5.32 Å². The number of hydrogen-bond donors (Lipinski definition) is 2. The third-order valence-corrected chi connectivity index (χ3v) is 3.67. The Kier molecular flexibility index (Phi) is 5.71. The molecule has 0 bridgehead atoms. The van der Waals surface area contributed by atoms with Crippen LogP contribution in [0.15, 0.2) is 29.2 Å². The van der Waals surface area contributed by atoms with Gasteiger partial charge >= 0.3 is 5.97 Å². The number of carbonyl (C=O) groups excluding carboxylic acids is 1. The summed E-state index contributed by atoms with van der Waals surface area (Å²) in [4.78, 5) is 23.4. The molecular formula is C13H17NO3S. The van der Waals surface area contributed by atoms with Crippen molar-refractivity contribution in [2.24, 2.45) is 0 Å². The summed E-state index contributed by atoms with van der Waals surface area (Å²) in [6.07, 6.45) is 0.385. The minimum absolute atomic E-state index is 0.231. The average molecular weight is 267 g/mol. The number of amides is 1. The van der Waals surface area contributed by atoms with Gasteiger partial charge in [0.15, 0.2) is 0 Å². The number of aliphatic carboxylic acids is 1. The lowest BCUT2D eigenvalue weighted by atomic mass is 10.2. The standard InChI is InChI=1S/C13H17NO3S/c1-3-10(13(16)17)14-12(15)8-18-11-7-5-4-6-9(11)2/h4-7,10H,3,8H2,1-2H3,(H,14,15)(H,16,17)/t10-/m1/s1. The molecule has 5 heteroatoms. The third kappa shape index (κ3) is 4.41. The van der Waals surface area contributed by atoms with Crippen molar-refractivity contribution in [2.45, 2.75) is 31.2 Å². The fraction of sp³-hybridized carbons (Fsp3) is 0.385. The van der Waals surface area contributed by atoms with Crippen molar-refractivity contribution in [3.05, 3.63) is 29.8 Å². The van der Waals surface area contributed by atoms with Gasteiger partial charge in [0.25, 0.3) is 0 Å². The van der Waals surface area contributed by atoms with Gasteiger partial charge in [-0.3, -0.25) is 4.79 Å². The first-order valence-electron chi connectivity index (χ1n) is 5.75. The highest BCUT2D eigenvalue weighted by molar-refractivity contribution is 8.00. The average Bonchev–Trinajstić information content (AvgIpc) is 2.34. The van der Waals surface area contributed by atoms with E-state index in [4.69, 9.17) is 5.11 Å². The summed E-state index contributed by atoms with van der Waals surface area (Å²) in [6, 6.07) is 6.99. The van der Waals surface area contributed by atoms with Gasteiger partial charge in [0.1, 0.15) is 6.04 Å². The van der Waals surface area contributed by atoms with Crippen LogP contribution in [0.2, 0.25) is 0 Å². The summed E-state index contributed by atoms with van der Waals surface area (Å²) >= 11 is 1.41. The predicted molar refractivity (Wildman–Crippen MR) is 71.8 cm³/mol. The maximum Gasteiger partial charge on any atom is 0.326 e. The van der Waals surface area contributed by atoms with Gasteiger partial charge in [-0.15, -0.1) is 11.8 Å². The first-order valence-corrected chi connectivity index (χ1v) is 6.73. The summed E-state index contributed by atoms with van der Waals surface area (Å²) in [5, 5.41) is 11.3. The van der Waals surface area contributed by atoms with Crippen LogP contribution in [0.25, 0.3) is 0 Å². The normalized spacial score (nSPS) is 11.9. The second kappa shape index (κ2) is 7.06. The van der Waals surface area contributed by atoms with Gasteiger partial charge in [-0.05, 0) is 25.0 Å². The summed E-state index contributed by atoms with van der Waals surface area (Å²) in [5.41, 5.74) is 1.11. The summed E-state index contributed by atoms with van der Waals surface area (Å²) in [7, 11) is 0. The number of carboxylic acid groups (broad SMARTS) is 1. The van der Waals surface area contributed by atoms with Crippen LogP contribution in [0.1, 0.15) is 18.9 Å². The van der Waals surface area contributed by atoms with Gasteiger partial charge in [0, 0.05) is 4.90 Å². The molecule has 18 heavy (non-hydrogen) atoms. The lowest BCUT2D eigenvalue weighted by molar-refractivity contribution is -0.141. The molecule has 4 nitrogen and oxygen atoms in total. The van der Waals surface area contributed by atoms with E-state index in [1.54, 1.807) is 6.92 Å². The van der Waals surface area contributed by atoms with Crippen LogP contribution >= 0.6 is 11.8 Å². The van der Waals surface area contributed by atoms with Crippen molar-refractivity contribution in [1.82, 2.24) is 5.32 Å². The monoisotopic (exact) mass is 267 g/mol. The zero-order chi connectivity index (χ0) is 13.5. The number of aryl methyl sites for hydroxylation is 1. The highest BCUT2D eigenvalue weighted by atomic mass is 32.2. The molecule has 1 aromatic carbocycles.